The fraction of sp³-hybridized carbons (Fsp3) is 0.538. The second kappa shape index (κ2) is 5.46. The molecule has 1 fully saturated rings. The van der Waals surface area contributed by atoms with Crippen LogP contribution in [0.2, 0.25) is 0 Å². The van der Waals surface area contributed by atoms with Gasteiger partial charge in [0.05, 0.1) is 4.47 Å². The number of nitrogens with two attached hydrogens (primary N) is 1. The van der Waals surface area contributed by atoms with Gasteiger partial charge in [-0.1, -0.05) is 13.0 Å². The summed E-state index contributed by atoms with van der Waals surface area (Å²) in [5, 5.41) is 3.42. The van der Waals surface area contributed by atoms with Crippen molar-refractivity contribution in [3.63, 3.8) is 0 Å². The minimum Gasteiger partial charge on any atom is -0.329 e. The monoisotopic (exact) mass is 300 g/mol. The highest BCUT2D eigenvalue weighted by Gasteiger charge is 2.32. The lowest BCUT2D eigenvalue weighted by atomic mass is 10.1. The van der Waals surface area contributed by atoms with E-state index in [2.05, 4.69) is 28.2 Å². The van der Waals surface area contributed by atoms with Crippen LogP contribution in [0.25, 0.3) is 0 Å². The molecule has 4 heteroatoms. The van der Waals surface area contributed by atoms with Gasteiger partial charge in [0.15, 0.2) is 0 Å². The van der Waals surface area contributed by atoms with E-state index in [0.29, 0.717) is 11.0 Å². The lowest BCUT2D eigenvalue weighted by molar-refractivity contribution is 0.507. The average molecular weight is 301 g/mol. The first-order valence-electron chi connectivity index (χ1n) is 6.00. The van der Waals surface area contributed by atoms with Crippen LogP contribution in [0.15, 0.2) is 22.7 Å². The summed E-state index contributed by atoms with van der Waals surface area (Å²) in [6, 6.07) is 5.23. The minimum absolute atomic E-state index is 0.0467. The van der Waals surface area contributed by atoms with Crippen molar-refractivity contribution < 1.29 is 4.39 Å². The van der Waals surface area contributed by atoms with Crippen molar-refractivity contribution in [2.45, 2.75) is 19.4 Å². The van der Waals surface area contributed by atoms with E-state index in [1.165, 1.54) is 6.42 Å². The highest BCUT2D eigenvalue weighted by atomic mass is 79.9. The minimum atomic E-state index is -0.234. The summed E-state index contributed by atoms with van der Waals surface area (Å²) in [7, 11) is 0. The van der Waals surface area contributed by atoms with Crippen molar-refractivity contribution in [3.05, 3.63) is 34.1 Å². The van der Waals surface area contributed by atoms with E-state index in [1.54, 1.807) is 12.1 Å². The Kier molecular flexibility index (Phi) is 4.17. The molecule has 1 aromatic carbocycles. The molecule has 0 amide bonds. The molecule has 2 rings (SSSR count). The molecule has 3 unspecified atom stereocenters. The molecule has 1 aliphatic carbocycles. The van der Waals surface area contributed by atoms with Crippen LogP contribution in [-0.2, 0) is 0 Å². The summed E-state index contributed by atoms with van der Waals surface area (Å²) in [6.07, 6.45) is 1.29. The van der Waals surface area contributed by atoms with Gasteiger partial charge in [0.2, 0.25) is 0 Å². The molecule has 3 N–H and O–H groups in total. The number of hydrogen-bond acceptors (Lipinski definition) is 2. The van der Waals surface area contributed by atoms with Gasteiger partial charge in [-0.05, 0) is 58.4 Å². The molecule has 3 atom stereocenters. The Hall–Kier alpha value is -0.450. The molecule has 0 heterocycles. The second-order valence-corrected chi connectivity index (χ2v) is 5.70. The summed E-state index contributed by atoms with van der Waals surface area (Å²) in [5.74, 6) is 1.36. The molecular weight excluding hydrogens is 283 g/mol. The topological polar surface area (TPSA) is 38.0 Å². The Bertz CT molecular complexity index is 397. The van der Waals surface area contributed by atoms with Gasteiger partial charge in [0.25, 0.3) is 0 Å². The number of hydrogen-bond donors (Lipinski definition) is 2. The molecule has 1 saturated carbocycles. The fourth-order valence-corrected chi connectivity index (χ4v) is 2.29. The highest BCUT2D eigenvalue weighted by Crippen LogP contribution is 2.37. The quantitative estimate of drug-likeness (QED) is 0.877. The van der Waals surface area contributed by atoms with Crippen molar-refractivity contribution >= 4 is 15.9 Å². The Morgan fingerprint density at radius 2 is 2.29 bits per heavy atom. The largest absolute Gasteiger partial charge is 0.329 e. The number of halogens is 2. The molecular formula is C13H18BrFN2. The van der Waals surface area contributed by atoms with Crippen LogP contribution in [0.1, 0.15) is 24.9 Å². The van der Waals surface area contributed by atoms with E-state index >= 15 is 0 Å². The van der Waals surface area contributed by atoms with Gasteiger partial charge in [-0.15, -0.1) is 0 Å². The van der Waals surface area contributed by atoms with Crippen LogP contribution in [-0.4, -0.2) is 13.1 Å². The Balaban J connectivity index is 1.98. The number of nitrogens with one attached hydrogen (secondary N) is 1. The van der Waals surface area contributed by atoms with Crippen LogP contribution >= 0.6 is 15.9 Å². The molecule has 0 aliphatic heterocycles. The maximum Gasteiger partial charge on any atom is 0.137 e. The van der Waals surface area contributed by atoms with Gasteiger partial charge in [0, 0.05) is 12.6 Å². The molecule has 1 aromatic rings. The van der Waals surface area contributed by atoms with Crippen molar-refractivity contribution in [1.29, 1.82) is 0 Å². The third-order valence-electron chi connectivity index (χ3n) is 3.48. The van der Waals surface area contributed by atoms with E-state index in [1.807, 2.05) is 6.07 Å². The van der Waals surface area contributed by atoms with Gasteiger partial charge in [-0.2, -0.15) is 0 Å². The van der Waals surface area contributed by atoms with Gasteiger partial charge in [-0.3, -0.25) is 0 Å². The van der Waals surface area contributed by atoms with Crippen LogP contribution in [0.3, 0.4) is 0 Å². The highest BCUT2D eigenvalue weighted by molar-refractivity contribution is 9.10. The van der Waals surface area contributed by atoms with Crippen LogP contribution in [0.4, 0.5) is 4.39 Å². The summed E-state index contributed by atoms with van der Waals surface area (Å²) >= 11 is 3.15. The predicted molar refractivity (Wildman–Crippen MR) is 71.2 cm³/mol. The fourth-order valence-electron chi connectivity index (χ4n) is 2.04. The summed E-state index contributed by atoms with van der Waals surface area (Å²) in [6.45, 7) is 3.71. The third-order valence-corrected chi connectivity index (χ3v) is 4.13. The first kappa shape index (κ1) is 13.0. The molecule has 17 heavy (non-hydrogen) atoms. The zero-order chi connectivity index (χ0) is 12.4. The SMILES string of the molecule is CC1CC1CNC(CN)c1ccc(Br)c(F)c1. The Morgan fingerprint density at radius 1 is 1.59 bits per heavy atom. The zero-order valence-corrected chi connectivity index (χ0v) is 11.5. The Morgan fingerprint density at radius 3 is 2.82 bits per heavy atom. The summed E-state index contributed by atoms with van der Waals surface area (Å²) in [4.78, 5) is 0. The molecule has 0 bridgehead atoms. The van der Waals surface area contributed by atoms with E-state index in [4.69, 9.17) is 5.73 Å². The average Bonchev–Trinajstić information content (AvgIpc) is 3.00. The van der Waals surface area contributed by atoms with Gasteiger partial charge < -0.3 is 11.1 Å². The molecule has 0 spiro atoms. The first-order chi connectivity index (χ1) is 8.11. The molecule has 2 nitrogen and oxygen atoms in total. The zero-order valence-electron chi connectivity index (χ0n) is 9.92. The van der Waals surface area contributed by atoms with E-state index in [0.717, 1.165) is 23.9 Å². The number of rotatable bonds is 5. The van der Waals surface area contributed by atoms with Crippen molar-refractivity contribution in [2.75, 3.05) is 13.1 Å². The molecule has 0 aromatic heterocycles. The Labute approximate surface area is 110 Å². The maximum atomic E-state index is 13.4. The normalized spacial score (nSPS) is 24.7. The van der Waals surface area contributed by atoms with E-state index < -0.39 is 0 Å². The predicted octanol–water partition coefficient (Wildman–Crippen LogP) is 2.83. The molecule has 94 valence electrons. The second-order valence-electron chi connectivity index (χ2n) is 4.84. The van der Waals surface area contributed by atoms with Gasteiger partial charge >= 0.3 is 0 Å². The lowest BCUT2D eigenvalue weighted by Crippen LogP contribution is -2.30. The van der Waals surface area contributed by atoms with E-state index in [9.17, 15) is 4.39 Å². The van der Waals surface area contributed by atoms with E-state index in [-0.39, 0.29) is 11.9 Å². The van der Waals surface area contributed by atoms with Crippen molar-refractivity contribution in [2.24, 2.45) is 17.6 Å². The van der Waals surface area contributed by atoms with Crippen LogP contribution in [0, 0.1) is 17.7 Å². The summed E-state index contributed by atoms with van der Waals surface area (Å²) in [5.41, 5.74) is 6.66. The first-order valence-corrected chi connectivity index (χ1v) is 6.79. The molecule has 1 aliphatic rings. The molecule has 0 saturated heterocycles. The van der Waals surface area contributed by atoms with Gasteiger partial charge in [-0.25, -0.2) is 4.39 Å². The third kappa shape index (κ3) is 3.27. The lowest BCUT2D eigenvalue weighted by Gasteiger charge is -2.17. The summed E-state index contributed by atoms with van der Waals surface area (Å²) < 4.78 is 13.9. The maximum absolute atomic E-state index is 13.4. The van der Waals surface area contributed by atoms with Crippen LogP contribution in [0.5, 0.6) is 0 Å². The van der Waals surface area contributed by atoms with Crippen molar-refractivity contribution in [3.8, 4) is 0 Å². The smallest absolute Gasteiger partial charge is 0.137 e. The standard InChI is InChI=1S/C13H18BrFN2/c1-8-4-10(8)7-17-13(6-16)9-2-3-11(14)12(15)5-9/h2-3,5,8,10,13,17H,4,6-7,16H2,1H3. The molecule has 0 radical (unpaired) electrons. The van der Waals surface area contributed by atoms with Gasteiger partial charge in [0.1, 0.15) is 5.82 Å². The van der Waals surface area contributed by atoms with Crippen molar-refractivity contribution in [1.82, 2.24) is 5.32 Å². The number of benzene rings is 1. The van der Waals surface area contributed by atoms with Crippen LogP contribution < -0.4 is 11.1 Å².